The lowest BCUT2D eigenvalue weighted by molar-refractivity contribution is 0.454. The average Bonchev–Trinajstić information content (AvgIpc) is 3.38. The Kier molecular flexibility index (Phi) is 4.41. The van der Waals surface area contributed by atoms with E-state index in [0.29, 0.717) is 33.6 Å². The summed E-state index contributed by atoms with van der Waals surface area (Å²) < 4.78 is 1.59. The molecule has 0 aliphatic heterocycles. The summed E-state index contributed by atoms with van der Waals surface area (Å²) in [4.78, 5) is 29.6. The smallest absolute Gasteiger partial charge is 0.326 e. The molecular weight excluding hydrogens is 422 g/mol. The van der Waals surface area contributed by atoms with Crippen LogP contribution in [0.5, 0.6) is 5.88 Å². The van der Waals surface area contributed by atoms with Gasteiger partial charge in [0.1, 0.15) is 23.4 Å². The number of nitriles is 1. The van der Waals surface area contributed by atoms with Crippen molar-refractivity contribution in [2.24, 2.45) is 4.99 Å². The highest BCUT2D eigenvalue weighted by Gasteiger charge is 2.20. The molecule has 11 nitrogen and oxygen atoms in total. The van der Waals surface area contributed by atoms with Crippen LogP contribution in [-0.4, -0.2) is 40.7 Å². The monoisotopic (exact) mass is 435 g/mol. The second-order valence-corrected chi connectivity index (χ2v) is 7.38. The van der Waals surface area contributed by atoms with Gasteiger partial charge < -0.3 is 15.4 Å². The number of nitrogens with zero attached hydrogens (tertiary/aromatic N) is 6. The second-order valence-electron chi connectivity index (χ2n) is 6.97. The second kappa shape index (κ2) is 7.26. The van der Waals surface area contributed by atoms with Gasteiger partial charge in [-0.2, -0.15) is 14.9 Å². The number of hydrogen-bond donors (Lipinski definition) is 4. The zero-order chi connectivity index (χ0) is 21.5. The molecule has 0 spiro atoms. The summed E-state index contributed by atoms with van der Waals surface area (Å²) in [6.45, 7) is 0. The first-order valence-corrected chi connectivity index (χ1v) is 9.66. The number of rotatable bonds is 4. The normalized spacial score (nSPS) is 14.8. The Bertz CT molecular complexity index is 1540. The van der Waals surface area contributed by atoms with E-state index in [2.05, 4.69) is 35.3 Å². The van der Waals surface area contributed by atoms with Gasteiger partial charge in [-0.3, -0.25) is 9.98 Å². The Morgan fingerprint density at radius 2 is 2.19 bits per heavy atom. The molecule has 4 heterocycles. The van der Waals surface area contributed by atoms with E-state index in [1.807, 2.05) is 6.07 Å². The lowest BCUT2D eigenvalue weighted by atomic mass is 10.3. The standard InChI is InChI=1S/C19H14ClN9O2/c20-12-3-9(6-21)7-22-16(12)26-14-5-15(24-11-1-2-11)29-17(27-14)10(8-23-29)4-13-18(30)28-19(31)25-13/h3-5,7-8,11,30H,1-2H2,(H,22,26)(H2,25,28,31). The van der Waals surface area contributed by atoms with Gasteiger partial charge in [0, 0.05) is 17.5 Å². The highest BCUT2D eigenvalue weighted by molar-refractivity contribution is 6.33. The molecule has 12 heteroatoms. The number of hydrogen-bond acceptors (Lipinski definition) is 8. The third-order valence-corrected chi connectivity index (χ3v) is 4.88. The predicted octanol–water partition coefficient (Wildman–Crippen LogP) is 0.726. The van der Waals surface area contributed by atoms with Crippen LogP contribution >= 0.6 is 11.6 Å². The summed E-state index contributed by atoms with van der Waals surface area (Å²) in [5.41, 5.74) is 1.07. The number of H-pyrrole nitrogens is 2. The van der Waals surface area contributed by atoms with Crippen LogP contribution in [-0.2, 0) is 0 Å². The van der Waals surface area contributed by atoms with Gasteiger partial charge in [0.25, 0.3) is 0 Å². The molecule has 1 saturated carbocycles. The minimum Gasteiger partial charge on any atom is -0.493 e. The summed E-state index contributed by atoms with van der Waals surface area (Å²) in [7, 11) is 0. The number of anilines is 2. The number of nitrogens with one attached hydrogen (secondary N) is 3. The highest BCUT2D eigenvalue weighted by atomic mass is 35.5. The van der Waals surface area contributed by atoms with Crippen LogP contribution in [0, 0.1) is 11.3 Å². The van der Waals surface area contributed by atoms with Gasteiger partial charge in [0.05, 0.1) is 22.8 Å². The van der Waals surface area contributed by atoms with Crippen molar-refractivity contribution in [3.05, 3.63) is 62.0 Å². The van der Waals surface area contributed by atoms with Gasteiger partial charge in [-0.25, -0.2) is 14.8 Å². The first-order valence-electron chi connectivity index (χ1n) is 9.28. The van der Waals surface area contributed by atoms with Gasteiger partial charge >= 0.3 is 5.69 Å². The quantitative estimate of drug-likeness (QED) is 0.367. The molecule has 1 aliphatic rings. The molecular formula is C19H14ClN9O2. The molecule has 4 N–H and O–H groups in total. The summed E-state index contributed by atoms with van der Waals surface area (Å²) in [5.74, 6) is 0.482. The third kappa shape index (κ3) is 3.72. The van der Waals surface area contributed by atoms with Crippen molar-refractivity contribution in [1.29, 1.82) is 5.26 Å². The largest absolute Gasteiger partial charge is 0.493 e. The molecule has 0 unspecified atom stereocenters. The minimum absolute atomic E-state index is 0.206. The van der Waals surface area contributed by atoms with Crippen molar-refractivity contribution in [2.75, 3.05) is 5.32 Å². The van der Waals surface area contributed by atoms with E-state index in [1.165, 1.54) is 12.3 Å². The fourth-order valence-corrected chi connectivity index (χ4v) is 3.19. The molecule has 154 valence electrons. The zero-order valence-corrected chi connectivity index (χ0v) is 16.6. The van der Waals surface area contributed by atoms with Crippen molar-refractivity contribution in [1.82, 2.24) is 29.5 Å². The number of aromatic nitrogens is 6. The third-order valence-electron chi connectivity index (χ3n) is 4.59. The van der Waals surface area contributed by atoms with Crippen LogP contribution in [0.25, 0.3) is 11.7 Å². The van der Waals surface area contributed by atoms with Crippen LogP contribution in [0.1, 0.15) is 24.1 Å². The Balaban J connectivity index is 1.66. The molecule has 0 amide bonds. The van der Waals surface area contributed by atoms with Crippen LogP contribution in [0.2, 0.25) is 5.02 Å². The molecule has 1 aliphatic carbocycles. The maximum Gasteiger partial charge on any atom is 0.326 e. The maximum absolute atomic E-state index is 11.4. The van der Waals surface area contributed by atoms with E-state index in [9.17, 15) is 9.90 Å². The van der Waals surface area contributed by atoms with Crippen molar-refractivity contribution in [3.63, 3.8) is 0 Å². The summed E-state index contributed by atoms with van der Waals surface area (Å²) >= 11 is 6.23. The molecule has 4 aromatic rings. The van der Waals surface area contributed by atoms with Gasteiger partial charge in [0.2, 0.25) is 5.88 Å². The van der Waals surface area contributed by atoms with Gasteiger partial charge in [-0.05, 0) is 25.0 Å². The van der Waals surface area contributed by atoms with Crippen molar-refractivity contribution < 1.29 is 5.11 Å². The van der Waals surface area contributed by atoms with Gasteiger partial charge in [-0.15, -0.1) is 0 Å². The molecule has 0 atom stereocenters. The Labute approximate surface area is 178 Å². The number of aromatic amines is 2. The number of pyridine rings is 1. The molecule has 0 bridgehead atoms. The molecule has 0 radical (unpaired) electrons. The van der Waals surface area contributed by atoms with E-state index in [1.54, 1.807) is 22.9 Å². The number of fused-ring (bicyclic) bond motifs is 1. The topological polar surface area (TPSA) is 160 Å². The predicted molar refractivity (Wildman–Crippen MR) is 111 cm³/mol. The molecule has 4 aromatic heterocycles. The fraction of sp³-hybridized carbons (Fsp3) is 0.158. The molecule has 5 rings (SSSR count). The van der Waals surface area contributed by atoms with E-state index in [0.717, 1.165) is 12.8 Å². The van der Waals surface area contributed by atoms with E-state index in [4.69, 9.17) is 16.9 Å². The van der Waals surface area contributed by atoms with Gasteiger partial charge in [0.15, 0.2) is 11.1 Å². The van der Waals surface area contributed by atoms with Gasteiger partial charge in [-0.1, -0.05) is 11.6 Å². The van der Waals surface area contributed by atoms with E-state index < -0.39 is 5.69 Å². The zero-order valence-electron chi connectivity index (χ0n) is 15.8. The number of imidazole rings is 1. The van der Waals surface area contributed by atoms with Crippen LogP contribution in [0.4, 0.5) is 11.6 Å². The lowest BCUT2D eigenvalue weighted by Crippen LogP contribution is -2.20. The lowest BCUT2D eigenvalue weighted by Gasteiger charge is -2.07. The number of aromatic hydroxyl groups is 1. The molecule has 0 aromatic carbocycles. The first kappa shape index (κ1) is 18.8. The minimum atomic E-state index is -0.526. The molecule has 0 saturated heterocycles. The SMILES string of the molecule is N#Cc1cnc(Nc2cc(=NC3CC3)n3ncc(=Cc4[nH]c(=O)[nH]c4O)c3n2)c(Cl)c1. The van der Waals surface area contributed by atoms with Crippen LogP contribution < -0.4 is 21.7 Å². The van der Waals surface area contributed by atoms with Crippen molar-refractivity contribution in [3.8, 4) is 11.9 Å². The fourth-order valence-electron chi connectivity index (χ4n) is 2.97. The molecule has 1 fully saturated rings. The summed E-state index contributed by atoms with van der Waals surface area (Å²) in [6, 6.07) is 5.46. The van der Waals surface area contributed by atoms with E-state index in [-0.39, 0.29) is 22.6 Å². The van der Waals surface area contributed by atoms with Crippen molar-refractivity contribution >= 4 is 35.0 Å². The maximum atomic E-state index is 11.4. The molecule has 31 heavy (non-hydrogen) atoms. The van der Waals surface area contributed by atoms with Crippen molar-refractivity contribution in [2.45, 2.75) is 18.9 Å². The van der Waals surface area contributed by atoms with Crippen LogP contribution in [0.3, 0.4) is 0 Å². The van der Waals surface area contributed by atoms with Crippen LogP contribution in [0.15, 0.2) is 34.3 Å². The van der Waals surface area contributed by atoms with E-state index >= 15 is 0 Å². The number of halogens is 1. The summed E-state index contributed by atoms with van der Waals surface area (Å²) in [6.07, 6.45) is 6.55. The first-order chi connectivity index (χ1) is 15.0. The highest BCUT2D eigenvalue weighted by Crippen LogP contribution is 2.24. The Morgan fingerprint density at radius 1 is 1.35 bits per heavy atom. The average molecular weight is 436 g/mol. The summed E-state index contributed by atoms with van der Waals surface area (Å²) in [5, 5.41) is 27.1. The Hall–Kier alpha value is -4.17. The Morgan fingerprint density at radius 3 is 2.87 bits per heavy atom.